The summed E-state index contributed by atoms with van der Waals surface area (Å²) in [6.45, 7) is 3.52. The van der Waals surface area contributed by atoms with E-state index in [4.69, 9.17) is 0 Å². The maximum Gasteiger partial charge on any atom is 0.321 e. The number of hydrogen-bond donors (Lipinski definition) is 2. The summed E-state index contributed by atoms with van der Waals surface area (Å²) in [7, 11) is 0. The van der Waals surface area contributed by atoms with Crippen molar-refractivity contribution in [2.24, 2.45) is 0 Å². The number of imide groups is 1. The molecule has 1 aromatic heterocycles. The van der Waals surface area contributed by atoms with Crippen molar-refractivity contribution in [3.63, 3.8) is 0 Å². The van der Waals surface area contributed by atoms with Crippen LogP contribution in [-0.4, -0.2) is 38.7 Å². The molecule has 2 rings (SSSR count). The molecule has 0 radical (unpaired) electrons. The van der Waals surface area contributed by atoms with E-state index in [0.29, 0.717) is 5.82 Å². The van der Waals surface area contributed by atoms with Crippen LogP contribution in [0.4, 0.5) is 4.79 Å². The molecular weight excluding hydrogens is 352 g/mol. The minimum absolute atomic E-state index is 0.203. The Balaban J connectivity index is 1.94. The smallest absolute Gasteiger partial charge is 0.321 e. The summed E-state index contributed by atoms with van der Waals surface area (Å²) >= 11 is 3.34. The van der Waals surface area contributed by atoms with Crippen molar-refractivity contribution in [1.82, 2.24) is 30.8 Å². The lowest BCUT2D eigenvalue weighted by Crippen LogP contribution is -2.41. The fourth-order valence-electron chi connectivity index (χ4n) is 1.53. The Morgan fingerprint density at radius 2 is 2.05 bits per heavy atom. The van der Waals surface area contributed by atoms with Crippen LogP contribution < -0.4 is 10.6 Å². The molecule has 0 spiro atoms. The van der Waals surface area contributed by atoms with Gasteiger partial charge in [-0.15, -0.1) is 16.8 Å². The number of aromatic nitrogens is 4. The molecule has 0 saturated heterocycles. The van der Waals surface area contributed by atoms with Gasteiger partial charge in [0.15, 0.2) is 0 Å². The lowest BCUT2D eigenvalue weighted by atomic mass is 10.2. The average Bonchev–Trinajstić information content (AvgIpc) is 2.94. The minimum atomic E-state index is -0.599. The zero-order chi connectivity index (χ0) is 15.9. The number of hydrogen-bond acceptors (Lipinski definition) is 5. The normalized spacial score (nSPS) is 10.0. The number of amides is 3. The molecule has 0 bridgehead atoms. The van der Waals surface area contributed by atoms with Gasteiger partial charge < -0.3 is 5.32 Å². The Hall–Kier alpha value is -2.55. The fourth-order valence-corrected chi connectivity index (χ4v) is 1.79. The zero-order valence-corrected chi connectivity index (χ0v) is 13.1. The van der Waals surface area contributed by atoms with Crippen LogP contribution in [0.1, 0.15) is 0 Å². The van der Waals surface area contributed by atoms with Gasteiger partial charge in [-0.25, -0.2) is 4.79 Å². The number of carbonyl (C=O) groups is 2. The molecule has 0 aliphatic heterocycles. The molecule has 9 heteroatoms. The second kappa shape index (κ2) is 7.46. The summed E-state index contributed by atoms with van der Waals surface area (Å²) in [5.41, 5.74) is 0.776. The maximum absolute atomic E-state index is 11.6. The van der Waals surface area contributed by atoms with Crippen LogP contribution in [0, 0.1) is 0 Å². The second-order valence-corrected chi connectivity index (χ2v) is 5.11. The third kappa shape index (κ3) is 4.48. The number of halogens is 1. The first-order valence-corrected chi connectivity index (χ1v) is 7.10. The van der Waals surface area contributed by atoms with E-state index in [1.165, 1.54) is 6.08 Å². The van der Waals surface area contributed by atoms with Crippen LogP contribution >= 0.6 is 15.9 Å². The highest BCUT2D eigenvalue weighted by molar-refractivity contribution is 9.10. The van der Waals surface area contributed by atoms with Crippen molar-refractivity contribution >= 4 is 27.9 Å². The Morgan fingerprint density at radius 1 is 1.32 bits per heavy atom. The third-order valence-electron chi connectivity index (χ3n) is 2.50. The van der Waals surface area contributed by atoms with Gasteiger partial charge in [0, 0.05) is 16.6 Å². The van der Waals surface area contributed by atoms with Crippen LogP contribution in [0.15, 0.2) is 41.4 Å². The molecule has 3 amide bonds. The number of carbonyl (C=O) groups excluding carboxylic acids is 2. The highest BCUT2D eigenvalue weighted by atomic mass is 79.9. The molecule has 0 fully saturated rings. The number of nitrogens with one attached hydrogen (secondary N) is 2. The topological polar surface area (TPSA) is 102 Å². The van der Waals surface area contributed by atoms with Crippen molar-refractivity contribution in [2.45, 2.75) is 6.54 Å². The van der Waals surface area contributed by atoms with Gasteiger partial charge in [0.25, 0.3) is 5.91 Å². The Morgan fingerprint density at radius 3 is 2.73 bits per heavy atom. The molecule has 1 aromatic carbocycles. The van der Waals surface area contributed by atoms with E-state index in [2.05, 4.69) is 48.6 Å². The number of tetrazole rings is 1. The number of nitrogens with zero attached hydrogens (tertiary/aromatic N) is 4. The standard InChI is InChI=1S/C13H13BrN6O2/c1-2-7-15-13(22)16-11(21)8-20-18-12(17-19-20)9-3-5-10(14)6-4-9/h2-6H,1,7-8H2,(H2,15,16,21,22). The Bertz CT molecular complexity index is 682. The van der Waals surface area contributed by atoms with Gasteiger partial charge in [0.2, 0.25) is 5.82 Å². The number of urea groups is 1. The highest BCUT2D eigenvalue weighted by Crippen LogP contribution is 2.17. The fraction of sp³-hybridized carbons (Fsp3) is 0.154. The molecule has 0 atom stereocenters. The van der Waals surface area contributed by atoms with Gasteiger partial charge in [-0.1, -0.05) is 22.0 Å². The SMILES string of the molecule is C=CCNC(=O)NC(=O)Cn1nnc(-c2ccc(Br)cc2)n1. The Labute approximate surface area is 134 Å². The number of benzene rings is 1. The largest absolute Gasteiger partial charge is 0.334 e. The summed E-state index contributed by atoms with van der Waals surface area (Å²) < 4.78 is 0.938. The summed E-state index contributed by atoms with van der Waals surface area (Å²) in [6.07, 6.45) is 1.51. The van der Waals surface area contributed by atoms with Crippen molar-refractivity contribution in [2.75, 3.05) is 6.54 Å². The maximum atomic E-state index is 11.6. The monoisotopic (exact) mass is 364 g/mol. The van der Waals surface area contributed by atoms with Crippen LogP contribution in [0.3, 0.4) is 0 Å². The molecule has 0 unspecified atom stereocenters. The van der Waals surface area contributed by atoms with Gasteiger partial charge in [0.1, 0.15) is 6.54 Å². The van der Waals surface area contributed by atoms with E-state index < -0.39 is 11.9 Å². The summed E-state index contributed by atoms with van der Waals surface area (Å²) in [4.78, 5) is 24.1. The first-order chi connectivity index (χ1) is 10.6. The van der Waals surface area contributed by atoms with E-state index in [0.717, 1.165) is 14.8 Å². The molecule has 1 heterocycles. The first kappa shape index (κ1) is 15.8. The first-order valence-electron chi connectivity index (χ1n) is 6.31. The summed E-state index contributed by atoms with van der Waals surface area (Å²) in [6, 6.07) is 6.76. The van der Waals surface area contributed by atoms with E-state index in [9.17, 15) is 9.59 Å². The predicted molar refractivity (Wildman–Crippen MR) is 82.7 cm³/mol. The van der Waals surface area contributed by atoms with E-state index in [1.54, 1.807) is 0 Å². The molecule has 8 nitrogen and oxygen atoms in total. The van der Waals surface area contributed by atoms with Crippen molar-refractivity contribution in [3.8, 4) is 11.4 Å². The molecule has 2 aromatic rings. The lowest BCUT2D eigenvalue weighted by molar-refractivity contribution is -0.121. The van der Waals surface area contributed by atoms with E-state index >= 15 is 0 Å². The number of rotatable bonds is 5. The molecule has 22 heavy (non-hydrogen) atoms. The van der Waals surface area contributed by atoms with Gasteiger partial charge in [-0.3, -0.25) is 10.1 Å². The van der Waals surface area contributed by atoms with E-state index in [1.807, 2.05) is 24.3 Å². The zero-order valence-electron chi connectivity index (χ0n) is 11.5. The molecule has 0 saturated carbocycles. The minimum Gasteiger partial charge on any atom is -0.334 e. The third-order valence-corrected chi connectivity index (χ3v) is 3.03. The molecule has 0 aliphatic rings. The van der Waals surface area contributed by atoms with Gasteiger partial charge in [-0.05, 0) is 29.5 Å². The molecule has 0 aliphatic carbocycles. The molecule has 114 valence electrons. The summed E-state index contributed by atoms with van der Waals surface area (Å²) in [5.74, 6) is -0.141. The van der Waals surface area contributed by atoms with Crippen molar-refractivity contribution in [3.05, 3.63) is 41.4 Å². The second-order valence-electron chi connectivity index (χ2n) is 4.20. The van der Waals surface area contributed by atoms with Crippen molar-refractivity contribution < 1.29 is 9.59 Å². The van der Waals surface area contributed by atoms with Gasteiger partial charge >= 0.3 is 6.03 Å². The van der Waals surface area contributed by atoms with Crippen molar-refractivity contribution in [1.29, 1.82) is 0 Å². The molecule has 2 N–H and O–H groups in total. The summed E-state index contributed by atoms with van der Waals surface area (Å²) in [5, 5.41) is 16.3. The van der Waals surface area contributed by atoms with Crippen LogP contribution in [0.25, 0.3) is 11.4 Å². The Kier molecular flexibility index (Phi) is 5.37. The lowest BCUT2D eigenvalue weighted by Gasteiger charge is -2.03. The quantitative estimate of drug-likeness (QED) is 0.773. The van der Waals surface area contributed by atoms with Crippen LogP contribution in [0.2, 0.25) is 0 Å². The predicted octanol–water partition coefficient (Wildman–Crippen LogP) is 1.11. The van der Waals surface area contributed by atoms with E-state index in [-0.39, 0.29) is 13.1 Å². The molecular formula is C13H13BrN6O2. The van der Waals surface area contributed by atoms with Gasteiger partial charge in [-0.2, -0.15) is 4.80 Å². The van der Waals surface area contributed by atoms with Crippen LogP contribution in [-0.2, 0) is 11.3 Å². The van der Waals surface area contributed by atoms with Crippen LogP contribution in [0.5, 0.6) is 0 Å². The average molecular weight is 365 g/mol. The van der Waals surface area contributed by atoms with Gasteiger partial charge in [0.05, 0.1) is 0 Å². The highest BCUT2D eigenvalue weighted by Gasteiger charge is 2.11.